The standard InChI is InChI=1S/C12H24N2O2S/c13-6-5-12(11-3-1-2-4-11)14-7-9-17(15,16)10-8-14/h11-12H,1-10,13H2. The molecule has 2 fully saturated rings. The lowest BCUT2D eigenvalue weighted by molar-refractivity contribution is 0.146. The zero-order valence-corrected chi connectivity index (χ0v) is 11.3. The molecule has 0 spiro atoms. The molecule has 1 unspecified atom stereocenters. The molecular formula is C12H24N2O2S. The molecule has 1 atom stereocenters. The van der Waals surface area contributed by atoms with E-state index in [0.717, 1.165) is 12.3 Å². The zero-order chi connectivity index (χ0) is 12.3. The molecule has 4 nitrogen and oxygen atoms in total. The first-order valence-electron chi connectivity index (χ1n) is 6.77. The Balaban J connectivity index is 1.96. The molecule has 100 valence electrons. The summed E-state index contributed by atoms with van der Waals surface area (Å²) in [6.45, 7) is 2.14. The molecule has 1 heterocycles. The first-order chi connectivity index (χ1) is 8.12. The normalized spacial score (nSPS) is 28.3. The molecule has 2 aliphatic rings. The van der Waals surface area contributed by atoms with Gasteiger partial charge in [0.25, 0.3) is 0 Å². The molecule has 0 aromatic heterocycles. The van der Waals surface area contributed by atoms with Crippen LogP contribution >= 0.6 is 0 Å². The van der Waals surface area contributed by atoms with E-state index in [0.29, 0.717) is 37.2 Å². The summed E-state index contributed by atoms with van der Waals surface area (Å²) >= 11 is 0. The first kappa shape index (κ1) is 13.3. The average Bonchev–Trinajstić information content (AvgIpc) is 2.80. The lowest BCUT2D eigenvalue weighted by Crippen LogP contribution is -2.49. The van der Waals surface area contributed by atoms with E-state index in [4.69, 9.17) is 5.73 Å². The van der Waals surface area contributed by atoms with Crippen LogP contribution in [0.2, 0.25) is 0 Å². The Kier molecular flexibility index (Phi) is 4.44. The molecule has 0 amide bonds. The van der Waals surface area contributed by atoms with Gasteiger partial charge in [0.1, 0.15) is 0 Å². The van der Waals surface area contributed by atoms with Crippen LogP contribution in [-0.2, 0) is 9.84 Å². The summed E-state index contributed by atoms with van der Waals surface area (Å²) in [5.41, 5.74) is 5.71. The maximum atomic E-state index is 11.4. The van der Waals surface area contributed by atoms with Gasteiger partial charge in [0.2, 0.25) is 0 Å². The van der Waals surface area contributed by atoms with Crippen molar-refractivity contribution in [2.45, 2.75) is 38.1 Å². The second kappa shape index (κ2) is 5.67. The minimum Gasteiger partial charge on any atom is -0.330 e. The summed E-state index contributed by atoms with van der Waals surface area (Å²) in [4.78, 5) is 2.38. The van der Waals surface area contributed by atoms with Crippen molar-refractivity contribution in [3.05, 3.63) is 0 Å². The van der Waals surface area contributed by atoms with Crippen molar-refractivity contribution < 1.29 is 8.42 Å². The minimum absolute atomic E-state index is 0.334. The SMILES string of the molecule is NCCC(C1CCCC1)N1CCS(=O)(=O)CC1. The zero-order valence-electron chi connectivity index (χ0n) is 10.5. The summed E-state index contributed by atoms with van der Waals surface area (Å²) < 4.78 is 22.9. The molecule has 5 heteroatoms. The highest BCUT2D eigenvalue weighted by Gasteiger charge is 2.32. The van der Waals surface area contributed by atoms with Crippen LogP contribution in [0.1, 0.15) is 32.1 Å². The van der Waals surface area contributed by atoms with E-state index < -0.39 is 9.84 Å². The largest absolute Gasteiger partial charge is 0.330 e. The van der Waals surface area contributed by atoms with E-state index in [1.165, 1.54) is 25.7 Å². The van der Waals surface area contributed by atoms with E-state index in [-0.39, 0.29) is 0 Å². The summed E-state index contributed by atoms with van der Waals surface area (Å²) in [5, 5.41) is 0. The molecule has 1 saturated heterocycles. The predicted molar refractivity (Wildman–Crippen MR) is 69.6 cm³/mol. The highest BCUT2D eigenvalue weighted by molar-refractivity contribution is 7.91. The van der Waals surface area contributed by atoms with Gasteiger partial charge in [-0.15, -0.1) is 0 Å². The van der Waals surface area contributed by atoms with Crippen LogP contribution in [0.5, 0.6) is 0 Å². The quantitative estimate of drug-likeness (QED) is 0.805. The number of hydrogen-bond acceptors (Lipinski definition) is 4. The van der Waals surface area contributed by atoms with Crippen LogP contribution in [0.15, 0.2) is 0 Å². The maximum absolute atomic E-state index is 11.4. The highest BCUT2D eigenvalue weighted by atomic mass is 32.2. The molecule has 1 aliphatic heterocycles. The predicted octanol–water partition coefficient (Wildman–Crippen LogP) is 0.624. The monoisotopic (exact) mass is 260 g/mol. The van der Waals surface area contributed by atoms with Gasteiger partial charge in [-0.25, -0.2) is 8.42 Å². The Bertz CT molecular complexity index is 322. The Labute approximate surface area is 104 Å². The fourth-order valence-corrected chi connectivity index (χ4v) is 4.52. The van der Waals surface area contributed by atoms with Crippen LogP contribution in [-0.4, -0.2) is 50.5 Å². The average molecular weight is 260 g/mol. The van der Waals surface area contributed by atoms with Gasteiger partial charge in [-0.1, -0.05) is 12.8 Å². The molecule has 1 aliphatic carbocycles. The topological polar surface area (TPSA) is 63.4 Å². The third-order valence-electron chi connectivity index (χ3n) is 4.25. The molecule has 0 radical (unpaired) electrons. The van der Waals surface area contributed by atoms with Gasteiger partial charge in [0, 0.05) is 19.1 Å². The second-order valence-electron chi connectivity index (χ2n) is 5.38. The Morgan fingerprint density at radius 1 is 1.18 bits per heavy atom. The van der Waals surface area contributed by atoms with Gasteiger partial charge in [-0.05, 0) is 31.7 Å². The van der Waals surface area contributed by atoms with Crippen molar-refractivity contribution in [1.29, 1.82) is 0 Å². The number of nitrogens with two attached hydrogens (primary N) is 1. The van der Waals surface area contributed by atoms with Gasteiger partial charge in [-0.2, -0.15) is 0 Å². The molecule has 17 heavy (non-hydrogen) atoms. The molecular weight excluding hydrogens is 236 g/mol. The molecule has 0 bridgehead atoms. The molecule has 0 aromatic carbocycles. The fourth-order valence-electron chi connectivity index (χ4n) is 3.29. The summed E-state index contributed by atoms with van der Waals surface area (Å²) in [5.74, 6) is 1.42. The summed E-state index contributed by atoms with van der Waals surface area (Å²) in [7, 11) is -2.76. The smallest absolute Gasteiger partial charge is 0.152 e. The minimum atomic E-state index is -2.76. The van der Waals surface area contributed by atoms with Gasteiger partial charge < -0.3 is 5.73 Å². The van der Waals surface area contributed by atoms with Crippen molar-refractivity contribution in [2.75, 3.05) is 31.1 Å². The molecule has 1 saturated carbocycles. The Morgan fingerprint density at radius 3 is 2.29 bits per heavy atom. The van der Waals surface area contributed by atoms with E-state index in [9.17, 15) is 8.42 Å². The van der Waals surface area contributed by atoms with E-state index in [1.54, 1.807) is 0 Å². The van der Waals surface area contributed by atoms with Crippen molar-refractivity contribution in [3.63, 3.8) is 0 Å². The third kappa shape index (κ3) is 3.42. The lowest BCUT2D eigenvalue weighted by Gasteiger charge is -2.37. The van der Waals surface area contributed by atoms with Gasteiger partial charge in [0.15, 0.2) is 9.84 Å². The molecule has 2 rings (SSSR count). The lowest BCUT2D eigenvalue weighted by atomic mass is 9.93. The third-order valence-corrected chi connectivity index (χ3v) is 5.86. The summed E-state index contributed by atoms with van der Waals surface area (Å²) in [6, 6.07) is 0.526. The summed E-state index contributed by atoms with van der Waals surface area (Å²) in [6.07, 6.45) is 6.28. The van der Waals surface area contributed by atoms with Gasteiger partial charge >= 0.3 is 0 Å². The maximum Gasteiger partial charge on any atom is 0.152 e. The van der Waals surface area contributed by atoms with Crippen molar-refractivity contribution >= 4 is 9.84 Å². The van der Waals surface area contributed by atoms with Crippen LogP contribution in [0.25, 0.3) is 0 Å². The number of rotatable bonds is 4. The van der Waals surface area contributed by atoms with Crippen molar-refractivity contribution in [2.24, 2.45) is 11.7 Å². The van der Waals surface area contributed by atoms with Crippen molar-refractivity contribution in [1.82, 2.24) is 4.90 Å². The van der Waals surface area contributed by atoms with E-state index in [1.807, 2.05) is 0 Å². The number of sulfone groups is 1. The van der Waals surface area contributed by atoms with Gasteiger partial charge in [0.05, 0.1) is 11.5 Å². The Morgan fingerprint density at radius 2 is 1.76 bits per heavy atom. The Hall–Kier alpha value is -0.130. The first-order valence-corrected chi connectivity index (χ1v) is 8.59. The van der Waals surface area contributed by atoms with Gasteiger partial charge in [-0.3, -0.25) is 4.90 Å². The number of hydrogen-bond donors (Lipinski definition) is 1. The van der Waals surface area contributed by atoms with Crippen molar-refractivity contribution in [3.8, 4) is 0 Å². The van der Waals surface area contributed by atoms with Crippen LogP contribution < -0.4 is 5.73 Å². The van der Waals surface area contributed by atoms with Crippen LogP contribution in [0.3, 0.4) is 0 Å². The van der Waals surface area contributed by atoms with E-state index >= 15 is 0 Å². The molecule has 2 N–H and O–H groups in total. The second-order valence-corrected chi connectivity index (χ2v) is 7.68. The van der Waals surface area contributed by atoms with Crippen LogP contribution in [0.4, 0.5) is 0 Å². The molecule has 0 aromatic rings. The number of nitrogens with zero attached hydrogens (tertiary/aromatic N) is 1. The van der Waals surface area contributed by atoms with Crippen LogP contribution in [0, 0.1) is 5.92 Å². The fraction of sp³-hybridized carbons (Fsp3) is 1.00. The highest BCUT2D eigenvalue weighted by Crippen LogP contribution is 2.32. The van der Waals surface area contributed by atoms with E-state index in [2.05, 4.69) is 4.90 Å².